The molecule has 12 rings (SSSR count). The highest BCUT2D eigenvalue weighted by atomic mass is 16.3. The Balaban J connectivity index is 0.880. The summed E-state index contributed by atoms with van der Waals surface area (Å²) in [5, 5.41) is 9.25. The number of benzene rings is 10. The molecule has 0 saturated carbocycles. The fourth-order valence-electron chi connectivity index (χ4n) is 8.83. The molecular weight excluding hydrogens is 733 g/mol. The number of hydrogen-bond acceptors (Lipinski definition) is 4. The molecule has 0 unspecified atom stereocenters. The predicted molar refractivity (Wildman–Crippen MR) is 251 cm³/mol. The second kappa shape index (κ2) is 13.8. The lowest BCUT2D eigenvalue weighted by atomic mass is 10.0. The highest BCUT2D eigenvalue weighted by Crippen LogP contribution is 2.42. The van der Waals surface area contributed by atoms with Crippen molar-refractivity contribution in [3.63, 3.8) is 0 Å². The van der Waals surface area contributed by atoms with E-state index in [1.807, 2.05) is 0 Å². The fourth-order valence-corrected chi connectivity index (χ4v) is 8.83. The van der Waals surface area contributed by atoms with E-state index in [9.17, 15) is 0 Å². The minimum atomic E-state index is 0.867. The molecule has 282 valence electrons. The number of nitrogens with zero attached hydrogens (tertiary/aromatic N) is 2. The van der Waals surface area contributed by atoms with E-state index in [1.54, 1.807) is 0 Å². The van der Waals surface area contributed by atoms with Crippen LogP contribution in [0.15, 0.2) is 227 Å². The summed E-state index contributed by atoms with van der Waals surface area (Å²) in [6.07, 6.45) is 0. The molecule has 0 fully saturated rings. The summed E-state index contributed by atoms with van der Waals surface area (Å²) in [4.78, 5) is 4.57. The molecule has 4 heteroatoms. The quantitative estimate of drug-likeness (QED) is 0.162. The third kappa shape index (κ3) is 5.77. The van der Waals surface area contributed by atoms with Crippen LogP contribution < -0.4 is 9.80 Å². The van der Waals surface area contributed by atoms with Crippen LogP contribution in [0.1, 0.15) is 0 Å². The lowest BCUT2D eigenvalue weighted by Gasteiger charge is -2.26. The Morgan fingerprint density at radius 2 is 0.550 bits per heavy atom. The van der Waals surface area contributed by atoms with Crippen LogP contribution in [0.5, 0.6) is 0 Å². The number of rotatable bonds is 7. The second-order valence-corrected chi connectivity index (χ2v) is 15.4. The highest BCUT2D eigenvalue weighted by Gasteiger charge is 2.18. The van der Waals surface area contributed by atoms with Crippen LogP contribution in [-0.2, 0) is 0 Å². The van der Waals surface area contributed by atoms with E-state index < -0.39 is 0 Å². The maximum Gasteiger partial charge on any atom is 0.137 e. The second-order valence-electron chi connectivity index (χ2n) is 15.4. The zero-order valence-corrected chi connectivity index (χ0v) is 32.5. The van der Waals surface area contributed by atoms with Gasteiger partial charge in [0.05, 0.1) is 0 Å². The van der Waals surface area contributed by atoms with E-state index >= 15 is 0 Å². The molecule has 12 aromatic rings. The number of anilines is 6. The van der Waals surface area contributed by atoms with Gasteiger partial charge < -0.3 is 18.6 Å². The van der Waals surface area contributed by atoms with E-state index in [0.717, 1.165) is 89.1 Å². The van der Waals surface area contributed by atoms with Crippen molar-refractivity contribution in [2.45, 2.75) is 0 Å². The third-order valence-electron chi connectivity index (χ3n) is 11.8. The van der Waals surface area contributed by atoms with Crippen molar-refractivity contribution in [1.29, 1.82) is 0 Å². The maximum atomic E-state index is 6.49. The molecule has 0 aliphatic rings. The maximum absolute atomic E-state index is 6.49. The van der Waals surface area contributed by atoms with Gasteiger partial charge in [-0.2, -0.15) is 0 Å². The van der Waals surface area contributed by atoms with E-state index in [4.69, 9.17) is 8.83 Å². The summed E-state index contributed by atoms with van der Waals surface area (Å²) in [6.45, 7) is 0. The standard InChI is InChI=1S/C56H36N2O2/c1-3-15-43(16-4-1)57(47-27-29-49-51-31-39-11-7-9-13-41(39)33-53(51)59-55(49)35-47)45-23-19-37(20-24-45)38-21-25-46(26-22-38)58(44-17-5-2-6-18-44)48-28-30-50-52-32-40-12-8-10-14-42(40)34-54(52)60-56(50)36-48/h1-36H. The molecule has 0 radical (unpaired) electrons. The molecule has 0 bridgehead atoms. The van der Waals surface area contributed by atoms with Crippen LogP contribution in [0.3, 0.4) is 0 Å². The van der Waals surface area contributed by atoms with E-state index in [0.29, 0.717) is 0 Å². The molecule has 0 amide bonds. The number of furan rings is 2. The Bertz CT molecular complexity index is 3300. The molecule has 2 heterocycles. The van der Waals surface area contributed by atoms with Gasteiger partial charge in [0.15, 0.2) is 0 Å². The van der Waals surface area contributed by atoms with E-state index in [-0.39, 0.29) is 0 Å². The summed E-state index contributed by atoms with van der Waals surface area (Å²) in [5.41, 5.74) is 12.1. The Kier molecular flexibility index (Phi) is 7.82. The largest absolute Gasteiger partial charge is 0.456 e. The SMILES string of the molecule is c1ccc(N(c2ccc(-c3ccc(N(c4ccccc4)c4ccc5c(c4)oc4cc6ccccc6cc45)cc3)cc2)c2ccc3c(c2)oc2cc4ccccc4cc23)cc1. The minimum absolute atomic E-state index is 0.867. The molecule has 10 aromatic carbocycles. The minimum Gasteiger partial charge on any atom is -0.456 e. The molecule has 4 nitrogen and oxygen atoms in total. The first-order chi connectivity index (χ1) is 29.7. The van der Waals surface area contributed by atoms with Gasteiger partial charge >= 0.3 is 0 Å². The molecule has 60 heavy (non-hydrogen) atoms. The number of fused-ring (bicyclic) bond motifs is 8. The lowest BCUT2D eigenvalue weighted by molar-refractivity contribution is 0.669. The van der Waals surface area contributed by atoms with E-state index in [1.165, 1.54) is 21.5 Å². The normalized spacial score (nSPS) is 11.7. The molecule has 0 aliphatic heterocycles. The van der Waals surface area contributed by atoms with Crippen LogP contribution in [0.2, 0.25) is 0 Å². The average molecular weight is 769 g/mol. The zero-order chi connectivity index (χ0) is 39.6. The van der Waals surface area contributed by atoms with Gasteiger partial charge in [0.1, 0.15) is 22.3 Å². The molecule has 0 saturated heterocycles. The van der Waals surface area contributed by atoms with Gasteiger partial charge in [-0.1, -0.05) is 109 Å². The van der Waals surface area contributed by atoms with Crippen molar-refractivity contribution >= 4 is 99.5 Å². The summed E-state index contributed by atoms with van der Waals surface area (Å²) in [6, 6.07) is 77.4. The number of para-hydroxylation sites is 2. The van der Waals surface area contributed by atoms with Crippen LogP contribution in [-0.4, -0.2) is 0 Å². The Hall–Kier alpha value is -8.08. The topological polar surface area (TPSA) is 32.8 Å². The van der Waals surface area contributed by atoms with Crippen molar-refractivity contribution in [2.75, 3.05) is 9.80 Å². The van der Waals surface area contributed by atoms with Crippen molar-refractivity contribution in [1.82, 2.24) is 0 Å². The Morgan fingerprint density at radius 3 is 0.950 bits per heavy atom. The first kappa shape index (κ1) is 34.0. The van der Waals surface area contributed by atoms with Crippen molar-refractivity contribution in [2.24, 2.45) is 0 Å². The van der Waals surface area contributed by atoms with Gasteiger partial charge in [-0.25, -0.2) is 0 Å². The van der Waals surface area contributed by atoms with Crippen molar-refractivity contribution < 1.29 is 8.83 Å². The highest BCUT2D eigenvalue weighted by molar-refractivity contribution is 6.12. The van der Waals surface area contributed by atoms with E-state index in [2.05, 4.69) is 228 Å². The monoisotopic (exact) mass is 768 g/mol. The molecule has 0 spiro atoms. The first-order valence-electron chi connectivity index (χ1n) is 20.3. The van der Waals surface area contributed by atoms with Crippen LogP contribution in [0, 0.1) is 0 Å². The molecule has 0 atom stereocenters. The summed E-state index contributed by atoms with van der Waals surface area (Å²) in [7, 11) is 0. The van der Waals surface area contributed by atoms with Gasteiger partial charge in [-0.3, -0.25) is 0 Å². The fraction of sp³-hybridized carbons (Fsp3) is 0. The Labute approximate surface area is 346 Å². The summed E-state index contributed by atoms with van der Waals surface area (Å²) < 4.78 is 13.0. The van der Waals surface area contributed by atoms with Gasteiger partial charge in [-0.05, 0) is 130 Å². The smallest absolute Gasteiger partial charge is 0.137 e. The van der Waals surface area contributed by atoms with Crippen molar-refractivity contribution in [3.8, 4) is 11.1 Å². The average Bonchev–Trinajstić information content (AvgIpc) is 3.85. The van der Waals surface area contributed by atoms with Crippen molar-refractivity contribution in [3.05, 3.63) is 218 Å². The molecule has 0 aliphatic carbocycles. The molecule has 2 aromatic heterocycles. The third-order valence-corrected chi connectivity index (χ3v) is 11.8. The number of hydrogen-bond donors (Lipinski definition) is 0. The summed E-state index contributed by atoms with van der Waals surface area (Å²) >= 11 is 0. The summed E-state index contributed by atoms with van der Waals surface area (Å²) in [5.74, 6) is 0. The van der Waals surface area contributed by atoms with Gasteiger partial charge in [-0.15, -0.1) is 0 Å². The van der Waals surface area contributed by atoms with Crippen LogP contribution in [0.25, 0.3) is 76.5 Å². The van der Waals surface area contributed by atoms with Crippen LogP contribution in [0.4, 0.5) is 34.1 Å². The van der Waals surface area contributed by atoms with Gasteiger partial charge in [0.25, 0.3) is 0 Å². The Morgan fingerprint density at radius 1 is 0.233 bits per heavy atom. The molecule has 0 N–H and O–H groups in total. The lowest BCUT2D eigenvalue weighted by Crippen LogP contribution is -2.10. The first-order valence-corrected chi connectivity index (χ1v) is 20.3. The molecular formula is C56H36N2O2. The zero-order valence-electron chi connectivity index (χ0n) is 32.5. The van der Waals surface area contributed by atoms with Gasteiger partial charge in [0.2, 0.25) is 0 Å². The predicted octanol–water partition coefficient (Wildman–Crippen LogP) is 16.4. The van der Waals surface area contributed by atoms with Crippen LogP contribution >= 0.6 is 0 Å². The van der Waals surface area contributed by atoms with Gasteiger partial charge in [0, 0.05) is 67.8 Å².